The Balaban J connectivity index is 1.70. The fourth-order valence-electron chi connectivity index (χ4n) is 2.87. The molecule has 4 nitrogen and oxygen atoms in total. The fraction of sp³-hybridized carbons (Fsp3) is 0.250. The molecule has 0 fully saturated rings. The van der Waals surface area contributed by atoms with Crippen molar-refractivity contribution in [3.63, 3.8) is 0 Å². The van der Waals surface area contributed by atoms with Gasteiger partial charge in [0.1, 0.15) is 5.75 Å². The van der Waals surface area contributed by atoms with Gasteiger partial charge in [-0.25, -0.2) is 4.98 Å². The summed E-state index contributed by atoms with van der Waals surface area (Å²) >= 11 is 4.97. The first kappa shape index (κ1) is 22.2. The lowest BCUT2D eigenvalue weighted by atomic mass is 10.1. The summed E-state index contributed by atoms with van der Waals surface area (Å²) in [6.45, 7) is 4.90. The standard InChI is InChI=1S/C24H25BrN2O2S/c1-3-5-16-29-20-9-7-6-8-17(20)12-15-22(28)26-24-27-23(21(4-2)30-24)18-10-13-19(25)14-11-18/h6-15H,3-5,16H2,1-2H3,(H,26,27,28)/b15-12+. The molecule has 0 aliphatic rings. The van der Waals surface area contributed by atoms with E-state index in [1.54, 1.807) is 6.08 Å². The predicted octanol–water partition coefficient (Wildman–Crippen LogP) is 6.97. The van der Waals surface area contributed by atoms with Gasteiger partial charge >= 0.3 is 0 Å². The number of thiazole rings is 1. The summed E-state index contributed by atoms with van der Waals surface area (Å²) in [4.78, 5) is 18.3. The largest absolute Gasteiger partial charge is 0.493 e. The van der Waals surface area contributed by atoms with E-state index in [2.05, 4.69) is 40.1 Å². The number of rotatable bonds is 9. The lowest BCUT2D eigenvalue weighted by molar-refractivity contribution is -0.111. The molecular formula is C24H25BrN2O2S. The minimum atomic E-state index is -0.211. The van der Waals surface area contributed by atoms with Crippen LogP contribution in [0.3, 0.4) is 0 Å². The van der Waals surface area contributed by atoms with Crippen molar-refractivity contribution in [1.82, 2.24) is 4.98 Å². The number of unbranched alkanes of at least 4 members (excludes halogenated alkanes) is 1. The Kier molecular flexibility index (Phi) is 8.22. The van der Waals surface area contributed by atoms with Crippen molar-refractivity contribution in [3.05, 3.63) is 69.5 Å². The van der Waals surface area contributed by atoms with Crippen molar-refractivity contribution < 1.29 is 9.53 Å². The minimum Gasteiger partial charge on any atom is -0.493 e. The van der Waals surface area contributed by atoms with E-state index in [0.29, 0.717) is 11.7 Å². The second-order valence-corrected chi connectivity index (χ2v) is 8.71. The highest BCUT2D eigenvalue weighted by Gasteiger charge is 2.13. The maximum absolute atomic E-state index is 12.5. The number of nitrogens with one attached hydrogen (secondary N) is 1. The van der Waals surface area contributed by atoms with Crippen molar-refractivity contribution in [1.29, 1.82) is 0 Å². The number of aryl methyl sites for hydroxylation is 1. The second kappa shape index (κ2) is 11.1. The molecule has 1 N–H and O–H groups in total. The molecule has 2 aromatic carbocycles. The summed E-state index contributed by atoms with van der Waals surface area (Å²) in [5.74, 6) is 0.576. The zero-order valence-corrected chi connectivity index (χ0v) is 19.6. The Bertz CT molecular complexity index is 1010. The van der Waals surface area contributed by atoms with Gasteiger partial charge in [0.15, 0.2) is 5.13 Å². The zero-order chi connectivity index (χ0) is 21.3. The molecule has 1 aromatic heterocycles. The van der Waals surface area contributed by atoms with E-state index < -0.39 is 0 Å². The minimum absolute atomic E-state index is 0.211. The number of nitrogens with zero attached hydrogens (tertiary/aromatic N) is 1. The molecule has 156 valence electrons. The highest BCUT2D eigenvalue weighted by molar-refractivity contribution is 9.10. The highest BCUT2D eigenvalue weighted by Crippen LogP contribution is 2.32. The number of anilines is 1. The first-order valence-electron chi connectivity index (χ1n) is 10.1. The second-order valence-electron chi connectivity index (χ2n) is 6.71. The van der Waals surface area contributed by atoms with Crippen LogP contribution in [0.15, 0.2) is 59.1 Å². The topological polar surface area (TPSA) is 51.2 Å². The first-order valence-corrected chi connectivity index (χ1v) is 11.7. The SMILES string of the molecule is CCCCOc1ccccc1/C=C/C(=O)Nc1nc(-c2ccc(Br)cc2)c(CC)s1. The summed E-state index contributed by atoms with van der Waals surface area (Å²) in [7, 11) is 0. The lowest BCUT2D eigenvalue weighted by Gasteiger charge is -2.08. The van der Waals surface area contributed by atoms with Gasteiger partial charge in [-0.1, -0.05) is 66.5 Å². The third kappa shape index (κ3) is 6.03. The van der Waals surface area contributed by atoms with E-state index >= 15 is 0 Å². The molecule has 0 saturated carbocycles. The molecule has 0 spiro atoms. The number of benzene rings is 2. The number of hydrogen-bond donors (Lipinski definition) is 1. The van der Waals surface area contributed by atoms with Crippen molar-refractivity contribution in [3.8, 4) is 17.0 Å². The molecule has 0 bridgehead atoms. The van der Waals surface area contributed by atoms with Gasteiger partial charge in [0.2, 0.25) is 5.91 Å². The first-order chi connectivity index (χ1) is 14.6. The van der Waals surface area contributed by atoms with Crippen LogP contribution in [0.1, 0.15) is 37.1 Å². The van der Waals surface area contributed by atoms with Crippen LogP contribution in [0.25, 0.3) is 17.3 Å². The quantitative estimate of drug-likeness (QED) is 0.263. The Morgan fingerprint density at radius 1 is 1.17 bits per heavy atom. The van der Waals surface area contributed by atoms with E-state index in [4.69, 9.17) is 4.74 Å². The predicted molar refractivity (Wildman–Crippen MR) is 129 cm³/mol. The van der Waals surface area contributed by atoms with Crippen LogP contribution in [-0.2, 0) is 11.2 Å². The van der Waals surface area contributed by atoms with E-state index in [-0.39, 0.29) is 5.91 Å². The fourth-order valence-corrected chi connectivity index (χ4v) is 4.06. The summed E-state index contributed by atoms with van der Waals surface area (Å²) < 4.78 is 6.85. The number of carbonyl (C=O) groups is 1. The zero-order valence-electron chi connectivity index (χ0n) is 17.2. The van der Waals surface area contributed by atoms with Gasteiger partial charge in [-0.3, -0.25) is 10.1 Å². The van der Waals surface area contributed by atoms with E-state index in [0.717, 1.165) is 51.2 Å². The third-order valence-corrected chi connectivity index (χ3v) is 6.10. The van der Waals surface area contributed by atoms with Crippen LogP contribution in [0, 0.1) is 0 Å². The molecule has 0 unspecified atom stereocenters. The van der Waals surface area contributed by atoms with Crippen molar-refractivity contribution in [2.24, 2.45) is 0 Å². The average molecular weight is 485 g/mol. The third-order valence-electron chi connectivity index (χ3n) is 4.45. The van der Waals surface area contributed by atoms with E-state index in [1.165, 1.54) is 17.4 Å². The number of carbonyl (C=O) groups excluding carboxylic acids is 1. The van der Waals surface area contributed by atoms with Crippen molar-refractivity contribution >= 4 is 44.4 Å². The normalized spacial score (nSPS) is 11.0. The molecule has 6 heteroatoms. The van der Waals surface area contributed by atoms with Gasteiger partial charge in [-0.2, -0.15) is 0 Å². The molecule has 0 radical (unpaired) electrons. The Labute approximate surface area is 190 Å². The number of hydrogen-bond acceptors (Lipinski definition) is 4. The smallest absolute Gasteiger partial charge is 0.250 e. The number of aromatic nitrogens is 1. The van der Waals surface area contributed by atoms with Crippen LogP contribution in [-0.4, -0.2) is 17.5 Å². The number of para-hydroxylation sites is 1. The molecule has 3 rings (SSSR count). The van der Waals surface area contributed by atoms with Gasteiger partial charge in [0.25, 0.3) is 0 Å². The van der Waals surface area contributed by atoms with Gasteiger partial charge in [0, 0.05) is 26.6 Å². The molecule has 0 aliphatic carbocycles. The Morgan fingerprint density at radius 2 is 1.93 bits per heavy atom. The van der Waals surface area contributed by atoms with Crippen molar-refractivity contribution in [2.75, 3.05) is 11.9 Å². The van der Waals surface area contributed by atoms with Crippen LogP contribution in [0.2, 0.25) is 0 Å². The monoisotopic (exact) mass is 484 g/mol. The Morgan fingerprint density at radius 3 is 2.67 bits per heavy atom. The van der Waals surface area contributed by atoms with Gasteiger partial charge in [0.05, 0.1) is 12.3 Å². The number of halogens is 1. The van der Waals surface area contributed by atoms with Crippen molar-refractivity contribution in [2.45, 2.75) is 33.1 Å². The molecule has 30 heavy (non-hydrogen) atoms. The van der Waals surface area contributed by atoms with E-state index in [9.17, 15) is 4.79 Å². The number of ether oxygens (including phenoxy) is 1. The maximum Gasteiger partial charge on any atom is 0.250 e. The summed E-state index contributed by atoms with van der Waals surface area (Å²) in [6, 6.07) is 15.8. The summed E-state index contributed by atoms with van der Waals surface area (Å²) in [5.41, 5.74) is 2.84. The van der Waals surface area contributed by atoms with E-state index in [1.807, 2.05) is 48.5 Å². The maximum atomic E-state index is 12.5. The Hall–Kier alpha value is -2.44. The van der Waals surface area contributed by atoms with Gasteiger partial charge in [-0.05, 0) is 37.1 Å². The summed E-state index contributed by atoms with van der Waals surface area (Å²) in [6.07, 6.45) is 6.24. The molecular weight excluding hydrogens is 460 g/mol. The number of amides is 1. The summed E-state index contributed by atoms with van der Waals surface area (Å²) in [5, 5.41) is 3.50. The van der Waals surface area contributed by atoms with Crippen LogP contribution >= 0.6 is 27.3 Å². The van der Waals surface area contributed by atoms with Gasteiger partial charge < -0.3 is 4.74 Å². The molecule has 0 atom stereocenters. The molecule has 3 aromatic rings. The molecule has 1 amide bonds. The lowest BCUT2D eigenvalue weighted by Crippen LogP contribution is -2.07. The van der Waals surface area contributed by atoms with Crippen LogP contribution < -0.4 is 10.1 Å². The highest BCUT2D eigenvalue weighted by atomic mass is 79.9. The average Bonchev–Trinajstić information content (AvgIpc) is 3.16. The van der Waals surface area contributed by atoms with Gasteiger partial charge in [-0.15, -0.1) is 11.3 Å². The molecule has 0 saturated heterocycles. The molecule has 1 heterocycles. The molecule has 0 aliphatic heterocycles. The van der Waals surface area contributed by atoms with Crippen LogP contribution in [0.5, 0.6) is 5.75 Å². The van der Waals surface area contributed by atoms with Crippen LogP contribution in [0.4, 0.5) is 5.13 Å².